The van der Waals surface area contributed by atoms with Crippen LogP contribution in [-0.2, 0) is 17.4 Å². The van der Waals surface area contributed by atoms with Crippen LogP contribution in [0.15, 0.2) is 60.7 Å². The second kappa shape index (κ2) is 6.76. The molecule has 0 saturated carbocycles. The zero-order chi connectivity index (χ0) is 21.0. The summed E-state index contributed by atoms with van der Waals surface area (Å²) in [4.78, 5) is 0. The lowest BCUT2D eigenvalue weighted by molar-refractivity contribution is 0.570. The van der Waals surface area contributed by atoms with Crippen LogP contribution in [0.4, 0.5) is 0 Å². The average Bonchev–Trinajstić information content (AvgIpc) is 2.99. The van der Waals surface area contributed by atoms with Crippen molar-refractivity contribution in [1.29, 1.82) is 0 Å². The van der Waals surface area contributed by atoms with Gasteiger partial charge in [0.25, 0.3) is 0 Å². The van der Waals surface area contributed by atoms with Crippen molar-refractivity contribution in [2.75, 3.05) is 0 Å². The van der Waals surface area contributed by atoms with Crippen molar-refractivity contribution in [3.63, 3.8) is 0 Å². The zero-order valence-electron chi connectivity index (χ0n) is 18.9. The van der Waals surface area contributed by atoms with E-state index in [2.05, 4.69) is 114 Å². The van der Waals surface area contributed by atoms with E-state index in [9.17, 15) is 0 Å². The summed E-state index contributed by atoms with van der Waals surface area (Å²) >= 11 is 0. The third-order valence-corrected chi connectivity index (χ3v) is 6.09. The van der Waals surface area contributed by atoms with Gasteiger partial charge < -0.3 is 4.57 Å². The van der Waals surface area contributed by atoms with Crippen molar-refractivity contribution in [2.24, 2.45) is 0 Å². The standard InChI is InChI=1S/C28H33N/c1-8-29-25-12-10-9-11-22(25)23-15-13-19(17-26(23)29)21-16-14-20(27(2,3)4)18-24(21)28(5,6)7/h9-18H,8H2,1-7H3. The Kier molecular flexibility index (Phi) is 4.61. The summed E-state index contributed by atoms with van der Waals surface area (Å²) in [6.07, 6.45) is 0. The first-order chi connectivity index (χ1) is 13.6. The number of nitrogens with zero attached hydrogens (tertiary/aromatic N) is 1. The lowest BCUT2D eigenvalue weighted by Gasteiger charge is -2.27. The normalized spacial score (nSPS) is 12.8. The highest BCUT2D eigenvalue weighted by Gasteiger charge is 2.23. The fourth-order valence-corrected chi connectivity index (χ4v) is 4.44. The topological polar surface area (TPSA) is 4.93 Å². The molecule has 0 unspecified atom stereocenters. The zero-order valence-corrected chi connectivity index (χ0v) is 18.9. The number of aryl methyl sites for hydroxylation is 1. The van der Waals surface area contributed by atoms with Gasteiger partial charge in [-0.05, 0) is 52.1 Å². The molecule has 3 aromatic carbocycles. The van der Waals surface area contributed by atoms with Crippen LogP contribution in [0, 0.1) is 0 Å². The van der Waals surface area contributed by atoms with Crippen molar-refractivity contribution in [1.82, 2.24) is 4.57 Å². The van der Waals surface area contributed by atoms with E-state index in [0.717, 1.165) is 6.54 Å². The van der Waals surface area contributed by atoms with Crippen LogP contribution in [0.25, 0.3) is 32.9 Å². The first-order valence-corrected chi connectivity index (χ1v) is 10.8. The molecule has 1 nitrogen and oxygen atoms in total. The van der Waals surface area contributed by atoms with E-state index in [1.165, 1.54) is 44.1 Å². The van der Waals surface area contributed by atoms with Crippen LogP contribution in [0.1, 0.15) is 59.6 Å². The summed E-state index contributed by atoms with van der Waals surface area (Å²) in [7, 11) is 0. The quantitative estimate of drug-likeness (QED) is 0.330. The molecule has 0 saturated heterocycles. The maximum absolute atomic E-state index is 2.44. The number of aromatic nitrogens is 1. The van der Waals surface area contributed by atoms with Crippen molar-refractivity contribution < 1.29 is 0 Å². The number of para-hydroxylation sites is 1. The summed E-state index contributed by atoms with van der Waals surface area (Å²) < 4.78 is 2.44. The molecule has 1 heteroatoms. The molecule has 1 aromatic heterocycles. The van der Waals surface area contributed by atoms with Crippen LogP contribution in [-0.4, -0.2) is 4.57 Å². The van der Waals surface area contributed by atoms with Gasteiger partial charge in [0.15, 0.2) is 0 Å². The lowest BCUT2D eigenvalue weighted by Crippen LogP contribution is -2.17. The van der Waals surface area contributed by atoms with Gasteiger partial charge in [-0.3, -0.25) is 0 Å². The van der Waals surface area contributed by atoms with Gasteiger partial charge in [-0.1, -0.05) is 90.1 Å². The molecular weight excluding hydrogens is 350 g/mol. The van der Waals surface area contributed by atoms with Crippen molar-refractivity contribution in [3.8, 4) is 11.1 Å². The minimum Gasteiger partial charge on any atom is -0.341 e. The van der Waals surface area contributed by atoms with E-state index in [0.29, 0.717) is 0 Å². The van der Waals surface area contributed by atoms with Gasteiger partial charge in [0.05, 0.1) is 0 Å². The van der Waals surface area contributed by atoms with Gasteiger partial charge >= 0.3 is 0 Å². The fourth-order valence-electron chi connectivity index (χ4n) is 4.44. The van der Waals surface area contributed by atoms with Crippen molar-refractivity contribution in [3.05, 3.63) is 71.8 Å². The van der Waals surface area contributed by atoms with Crippen LogP contribution in [0.3, 0.4) is 0 Å². The molecule has 29 heavy (non-hydrogen) atoms. The first-order valence-electron chi connectivity index (χ1n) is 10.8. The molecule has 1 heterocycles. The summed E-state index contributed by atoms with van der Waals surface area (Å²) in [6, 6.07) is 22.8. The van der Waals surface area contributed by atoms with Crippen molar-refractivity contribution in [2.45, 2.75) is 65.8 Å². The van der Waals surface area contributed by atoms with Gasteiger partial charge in [0, 0.05) is 28.4 Å². The number of benzene rings is 3. The molecule has 0 aliphatic heterocycles. The summed E-state index contributed by atoms with van der Waals surface area (Å²) in [5.74, 6) is 0. The molecule has 0 spiro atoms. The van der Waals surface area contributed by atoms with Crippen molar-refractivity contribution >= 4 is 21.8 Å². The Morgan fingerprint density at radius 3 is 2.03 bits per heavy atom. The second-order valence-electron chi connectivity index (χ2n) is 10.3. The second-order valence-corrected chi connectivity index (χ2v) is 10.3. The van der Waals surface area contributed by atoms with E-state index >= 15 is 0 Å². The molecule has 0 amide bonds. The Morgan fingerprint density at radius 2 is 1.38 bits per heavy atom. The van der Waals surface area contributed by atoms with Gasteiger partial charge in [-0.25, -0.2) is 0 Å². The molecule has 150 valence electrons. The third-order valence-electron chi connectivity index (χ3n) is 6.09. The average molecular weight is 384 g/mol. The molecule has 0 N–H and O–H groups in total. The minimum absolute atomic E-state index is 0.0863. The minimum atomic E-state index is 0.0863. The molecule has 0 bridgehead atoms. The molecule has 0 aliphatic rings. The molecule has 4 aromatic rings. The lowest BCUT2D eigenvalue weighted by atomic mass is 9.77. The smallest absolute Gasteiger partial charge is 0.0497 e. The highest BCUT2D eigenvalue weighted by Crippen LogP contribution is 2.38. The predicted molar refractivity (Wildman–Crippen MR) is 128 cm³/mol. The maximum Gasteiger partial charge on any atom is 0.0497 e. The highest BCUT2D eigenvalue weighted by molar-refractivity contribution is 6.09. The van der Waals surface area contributed by atoms with Gasteiger partial charge in [0.2, 0.25) is 0 Å². The number of hydrogen-bond donors (Lipinski definition) is 0. The number of hydrogen-bond acceptors (Lipinski definition) is 0. The highest BCUT2D eigenvalue weighted by atomic mass is 15.0. The molecule has 0 aliphatic carbocycles. The van der Waals surface area contributed by atoms with Crippen LogP contribution >= 0.6 is 0 Å². The summed E-state index contributed by atoms with van der Waals surface area (Å²) in [6.45, 7) is 17.0. The Balaban J connectivity index is 1.98. The van der Waals surface area contributed by atoms with Crippen LogP contribution < -0.4 is 0 Å². The van der Waals surface area contributed by atoms with Gasteiger partial charge in [-0.2, -0.15) is 0 Å². The van der Waals surface area contributed by atoms with E-state index < -0.39 is 0 Å². The monoisotopic (exact) mass is 383 g/mol. The first kappa shape index (κ1) is 19.8. The molecular formula is C28H33N. The molecule has 0 radical (unpaired) electrons. The Bertz CT molecular complexity index is 1190. The Labute approximate surface area is 175 Å². The van der Waals surface area contributed by atoms with Gasteiger partial charge in [0.1, 0.15) is 0 Å². The molecule has 0 atom stereocenters. The predicted octanol–water partition coefficient (Wildman–Crippen LogP) is 8.08. The van der Waals surface area contributed by atoms with E-state index in [1.807, 2.05) is 0 Å². The maximum atomic E-state index is 2.44. The van der Waals surface area contributed by atoms with E-state index in [-0.39, 0.29) is 10.8 Å². The Morgan fingerprint density at radius 1 is 0.690 bits per heavy atom. The van der Waals surface area contributed by atoms with Gasteiger partial charge in [-0.15, -0.1) is 0 Å². The van der Waals surface area contributed by atoms with Crippen LogP contribution in [0.5, 0.6) is 0 Å². The molecule has 4 rings (SSSR count). The summed E-state index contributed by atoms with van der Waals surface area (Å²) in [5, 5.41) is 2.69. The van der Waals surface area contributed by atoms with E-state index in [4.69, 9.17) is 0 Å². The molecule has 0 fully saturated rings. The van der Waals surface area contributed by atoms with Crippen LogP contribution in [0.2, 0.25) is 0 Å². The van der Waals surface area contributed by atoms with E-state index in [1.54, 1.807) is 0 Å². The fraction of sp³-hybridized carbons (Fsp3) is 0.357. The number of rotatable bonds is 2. The number of fused-ring (bicyclic) bond motifs is 3. The third kappa shape index (κ3) is 3.37. The largest absolute Gasteiger partial charge is 0.341 e. The summed E-state index contributed by atoms with van der Waals surface area (Å²) in [5.41, 5.74) is 8.35. The SMILES string of the molecule is CCn1c2ccccc2c2ccc(-c3ccc(C(C)(C)C)cc3C(C)(C)C)cc21. The Hall–Kier alpha value is -2.54.